The van der Waals surface area contributed by atoms with Gasteiger partial charge in [0.15, 0.2) is 5.82 Å². The summed E-state index contributed by atoms with van der Waals surface area (Å²) in [6.07, 6.45) is 1.05. The van der Waals surface area contributed by atoms with E-state index in [4.69, 9.17) is 0 Å². The Bertz CT molecular complexity index is 606. The topological polar surface area (TPSA) is 58.0 Å². The summed E-state index contributed by atoms with van der Waals surface area (Å²) in [6.45, 7) is 9.37. The molecule has 0 saturated carbocycles. The highest BCUT2D eigenvalue weighted by Crippen LogP contribution is 2.28. The quantitative estimate of drug-likeness (QED) is 0.868. The molecule has 2 rings (SSSR count). The minimum atomic E-state index is 0.249. The largest absolute Gasteiger partial charge is 0.508 e. The molecule has 2 N–H and O–H groups in total. The van der Waals surface area contributed by atoms with Gasteiger partial charge in [-0.2, -0.15) is 0 Å². The van der Waals surface area contributed by atoms with Crippen LogP contribution in [0, 0.1) is 6.92 Å². The summed E-state index contributed by atoms with van der Waals surface area (Å²) in [5.41, 5.74) is 3.08. The lowest BCUT2D eigenvalue weighted by atomic mass is 10.0. The maximum atomic E-state index is 9.39. The number of benzene rings is 1. The number of hydrogen-bond donors (Lipinski definition) is 2. The van der Waals surface area contributed by atoms with Gasteiger partial charge < -0.3 is 10.4 Å². The molecule has 0 aliphatic carbocycles. The van der Waals surface area contributed by atoms with Crippen LogP contribution in [0.1, 0.15) is 44.4 Å². The lowest BCUT2D eigenvalue weighted by Crippen LogP contribution is -2.10. The summed E-state index contributed by atoms with van der Waals surface area (Å²) >= 11 is 0. The number of rotatable bonds is 5. The fourth-order valence-corrected chi connectivity index (χ4v) is 2.39. The molecule has 1 aromatic carbocycles. The average Bonchev–Trinajstić information content (AvgIpc) is 2.44. The fraction of sp³-hybridized carbons (Fsp3) is 0.412. The molecule has 1 aromatic heterocycles. The molecule has 0 bridgehead atoms. The van der Waals surface area contributed by atoms with Crippen molar-refractivity contribution in [2.24, 2.45) is 0 Å². The number of nitrogens with one attached hydrogen (secondary N) is 1. The molecule has 21 heavy (non-hydrogen) atoms. The van der Waals surface area contributed by atoms with Gasteiger partial charge in [0, 0.05) is 23.4 Å². The number of nitrogens with zero attached hydrogens (tertiary/aromatic N) is 2. The van der Waals surface area contributed by atoms with Gasteiger partial charge in [-0.25, -0.2) is 9.97 Å². The first-order chi connectivity index (χ1) is 10.0. The number of aromatic nitrogens is 2. The highest BCUT2D eigenvalue weighted by atomic mass is 16.3. The molecule has 0 aliphatic heterocycles. The van der Waals surface area contributed by atoms with Gasteiger partial charge in [0.05, 0.1) is 0 Å². The van der Waals surface area contributed by atoms with Gasteiger partial charge in [0.1, 0.15) is 11.6 Å². The Kier molecular flexibility index (Phi) is 4.78. The van der Waals surface area contributed by atoms with Crippen LogP contribution in [0.4, 0.5) is 5.82 Å². The smallest absolute Gasteiger partial charge is 0.161 e. The second-order valence-corrected chi connectivity index (χ2v) is 5.52. The van der Waals surface area contributed by atoms with Gasteiger partial charge in [-0.05, 0) is 43.5 Å². The SMILES string of the molecule is CCCNc1nc(-c2ccc(O)cc2)nc(C)c1C(C)C. The number of aromatic hydroxyl groups is 1. The molecule has 112 valence electrons. The fourth-order valence-electron chi connectivity index (χ4n) is 2.39. The van der Waals surface area contributed by atoms with Crippen molar-refractivity contribution in [2.45, 2.75) is 40.0 Å². The summed E-state index contributed by atoms with van der Waals surface area (Å²) in [5, 5.41) is 12.8. The lowest BCUT2D eigenvalue weighted by Gasteiger charge is -2.17. The van der Waals surface area contributed by atoms with E-state index in [-0.39, 0.29) is 5.75 Å². The number of aryl methyl sites for hydroxylation is 1. The third kappa shape index (κ3) is 3.51. The summed E-state index contributed by atoms with van der Waals surface area (Å²) < 4.78 is 0. The third-order valence-electron chi connectivity index (χ3n) is 3.38. The molecule has 2 aromatic rings. The van der Waals surface area contributed by atoms with E-state index in [1.165, 1.54) is 5.56 Å². The maximum Gasteiger partial charge on any atom is 0.161 e. The van der Waals surface area contributed by atoms with Crippen molar-refractivity contribution in [1.29, 1.82) is 0 Å². The van der Waals surface area contributed by atoms with E-state index in [0.29, 0.717) is 11.7 Å². The van der Waals surface area contributed by atoms with Crippen molar-refractivity contribution in [3.05, 3.63) is 35.5 Å². The average molecular weight is 285 g/mol. The van der Waals surface area contributed by atoms with Gasteiger partial charge >= 0.3 is 0 Å². The van der Waals surface area contributed by atoms with E-state index in [1.54, 1.807) is 12.1 Å². The third-order valence-corrected chi connectivity index (χ3v) is 3.38. The molecule has 0 aliphatic rings. The van der Waals surface area contributed by atoms with Crippen LogP contribution in [-0.2, 0) is 0 Å². The Morgan fingerprint density at radius 1 is 1.14 bits per heavy atom. The zero-order valence-corrected chi connectivity index (χ0v) is 13.1. The first-order valence-electron chi connectivity index (χ1n) is 7.44. The van der Waals surface area contributed by atoms with Crippen molar-refractivity contribution >= 4 is 5.82 Å². The molecule has 0 saturated heterocycles. The Hall–Kier alpha value is -2.10. The van der Waals surface area contributed by atoms with Crippen molar-refractivity contribution in [2.75, 3.05) is 11.9 Å². The molecule has 4 heteroatoms. The van der Waals surface area contributed by atoms with Gasteiger partial charge in [0.25, 0.3) is 0 Å². The highest BCUT2D eigenvalue weighted by Gasteiger charge is 2.15. The van der Waals surface area contributed by atoms with Gasteiger partial charge in [-0.15, -0.1) is 0 Å². The first kappa shape index (κ1) is 15.3. The summed E-state index contributed by atoms with van der Waals surface area (Å²) in [6, 6.07) is 6.98. The highest BCUT2D eigenvalue weighted by molar-refractivity contribution is 5.61. The second-order valence-electron chi connectivity index (χ2n) is 5.52. The monoisotopic (exact) mass is 285 g/mol. The molecule has 4 nitrogen and oxygen atoms in total. The zero-order chi connectivity index (χ0) is 15.4. The van der Waals surface area contributed by atoms with Crippen LogP contribution in [0.2, 0.25) is 0 Å². The van der Waals surface area contributed by atoms with E-state index in [9.17, 15) is 5.11 Å². The van der Waals surface area contributed by atoms with Crippen LogP contribution in [0.15, 0.2) is 24.3 Å². The zero-order valence-electron chi connectivity index (χ0n) is 13.1. The van der Waals surface area contributed by atoms with Crippen LogP contribution in [0.25, 0.3) is 11.4 Å². The van der Waals surface area contributed by atoms with Crippen molar-refractivity contribution < 1.29 is 5.11 Å². The Morgan fingerprint density at radius 3 is 2.38 bits per heavy atom. The van der Waals surface area contributed by atoms with E-state index in [2.05, 4.69) is 36.1 Å². The molecule has 0 fully saturated rings. The molecule has 0 amide bonds. The van der Waals surface area contributed by atoms with Crippen LogP contribution in [0.3, 0.4) is 0 Å². The Labute approximate surface area is 126 Å². The predicted molar refractivity (Wildman–Crippen MR) is 86.7 cm³/mol. The van der Waals surface area contributed by atoms with Crippen LogP contribution >= 0.6 is 0 Å². The van der Waals surface area contributed by atoms with Crippen molar-refractivity contribution in [3.8, 4) is 17.1 Å². The molecular formula is C17H23N3O. The van der Waals surface area contributed by atoms with Gasteiger partial charge in [-0.1, -0.05) is 20.8 Å². The standard InChI is InChI=1S/C17H23N3O/c1-5-10-18-17-15(11(2)3)12(4)19-16(20-17)13-6-8-14(21)9-7-13/h6-9,11,21H,5,10H2,1-4H3,(H,18,19,20). The van der Waals surface area contributed by atoms with Gasteiger partial charge in [0.2, 0.25) is 0 Å². The summed E-state index contributed by atoms with van der Waals surface area (Å²) in [5.74, 6) is 2.23. The maximum absolute atomic E-state index is 9.39. The predicted octanol–water partition coefficient (Wildman–Crippen LogP) is 4.10. The van der Waals surface area contributed by atoms with Crippen molar-refractivity contribution in [3.63, 3.8) is 0 Å². The summed E-state index contributed by atoms with van der Waals surface area (Å²) in [7, 11) is 0. The minimum absolute atomic E-state index is 0.249. The minimum Gasteiger partial charge on any atom is -0.508 e. The Morgan fingerprint density at radius 2 is 1.81 bits per heavy atom. The Balaban J connectivity index is 2.48. The van der Waals surface area contributed by atoms with E-state index in [1.807, 2.05) is 19.1 Å². The van der Waals surface area contributed by atoms with Crippen molar-refractivity contribution in [1.82, 2.24) is 9.97 Å². The second kappa shape index (κ2) is 6.57. The molecule has 0 spiro atoms. The molecule has 1 heterocycles. The van der Waals surface area contributed by atoms with Crippen LogP contribution < -0.4 is 5.32 Å². The molecule has 0 atom stereocenters. The molecular weight excluding hydrogens is 262 g/mol. The van der Waals surface area contributed by atoms with Crippen LogP contribution in [0.5, 0.6) is 5.75 Å². The van der Waals surface area contributed by atoms with Gasteiger partial charge in [-0.3, -0.25) is 0 Å². The lowest BCUT2D eigenvalue weighted by molar-refractivity contribution is 0.475. The number of anilines is 1. The molecule has 0 radical (unpaired) electrons. The van der Waals surface area contributed by atoms with E-state index < -0.39 is 0 Å². The molecule has 0 unspecified atom stereocenters. The number of phenolic OH excluding ortho intramolecular Hbond substituents is 1. The van der Waals surface area contributed by atoms with E-state index >= 15 is 0 Å². The first-order valence-corrected chi connectivity index (χ1v) is 7.44. The van der Waals surface area contributed by atoms with Crippen LogP contribution in [-0.4, -0.2) is 21.6 Å². The van der Waals surface area contributed by atoms with E-state index in [0.717, 1.165) is 30.0 Å². The number of hydrogen-bond acceptors (Lipinski definition) is 4. The normalized spacial score (nSPS) is 10.9. The summed E-state index contributed by atoms with van der Waals surface area (Å²) in [4.78, 5) is 9.32. The number of phenols is 1.